The van der Waals surface area contributed by atoms with Gasteiger partial charge in [0.1, 0.15) is 6.10 Å². The fraction of sp³-hybridized carbons (Fsp3) is 1.00. The van der Waals surface area contributed by atoms with Crippen LogP contribution in [0.2, 0.25) is 0 Å². The van der Waals surface area contributed by atoms with Gasteiger partial charge in [-0.1, -0.05) is 0 Å². The van der Waals surface area contributed by atoms with Gasteiger partial charge >= 0.3 is 84.2 Å². The zero-order chi connectivity index (χ0) is 41.9. The number of ether oxygens (including phenoxy) is 3. The van der Waals surface area contributed by atoms with Crippen molar-refractivity contribution >= 4 is 0 Å². The molecule has 1 rings (SSSR count). The fourth-order valence-corrected chi connectivity index (χ4v) is 4.01. The molecule has 306 valence electrons. The third-order valence-electron chi connectivity index (χ3n) is 6.30. The Balaban J connectivity index is 4.81. The average molecular weight is 844 g/mol. The van der Waals surface area contributed by atoms with Crippen LogP contribution in [0, 0.1) is 0 Å². The molecule has 1 aliphatic rings. The van der Waals surface area contributed by atoms with Crippen molar-refractivity contribution in [3.8, 4) is 0 Å². The maximum Gasteiger partial charge on any atom is 0.435 e. The Labute approximate surface area is 254 Å². The van der Waals surface area contributed by atoms with E-state index in [9.17, 15) is 127 Å². The van der Waals surface area contributed by atoms with Gasteiger partial charge in [0.2, 0.25) is 5.79 Å². The minimum atomic E-state index is -9.19. The molecular formula is C17H3F31O3. The number of hydrogen-bond donors (Lipinski definition) is 0. The standard InChI is InChI=1S/C17H3F31O3/c18-4(19)2(49-5(9(22,23)24,10(25,26)27)11(28,29)30)1-3(8(4,20)21,50-6(12(31,32)33,13(34,35)36)14(37,38)39)51-7(15(40,41)42,16(43,44)45)17(46,47)48/h2H,1H2. The van der Waals surface area contributed by atoms with E-state index in [4.69, 9.17) is 0 Å². The zero-order valence-electron chi connectivity index (χ0n) is 21.7. The van der Waals surface area contributed by atoms with Crippen LogP contribution in [0.5, 0.6) is 0 Å². The molecule has 0 aromatic carbocycles. The molecule has 1 aliphatic carbocycles. The van der Waals surface area contributed by atoms with Crippen molar-refractivity contribution in [2.75, 3.05) is 0 Å². The molecule has 0 aromatic rings. The molecule has 0 spiro atoms. The Kier molecular flexibility index (Phi) is 10.6. The summed E-state index contributed by atoms with van der Waals surface area (Å²) in [6, 6.07) is 0. The molecule has 0 amide bonds. The monoisotopic (exact) mass is 844 g/mol. The van der Waals surface area contributed by atoms with Gasteiger partial charge in [-0.05, 0) is 0 Å². The lowest BCUT2D eigenvalue weighted by Crippen LogP contribution is -2.77. The lowest BCUT2D eigenvalue weighted by Gasteiger charge is -2.49. The molecule has 51 heavy (non-hydrogen) atoms. The summed E-state index contributed by atoms with van der Waals surface area (Å²) in [5.41, 5.74) is -27.0. The predicted octanol–water partition coefficient (Wildman–Crippen LogP) is 10.1. The maximum absolute atomic E-state index is 15.0. The number of hydrogen-bond acceptors (Lipinski definition) is 3. The molecular weight excluding hydrogens is 841 g/mol. The molecule has 0 saturated heterocycles. The second kappa shape index (κ2) is 11.6. The lowest BCUT2D eigenvalue weighted by atomic mass is 9.97. The maximum atomic E-state index is 15.0. The number of halogens is 31. The quantitative estimate of drug-likeness (QED) is 0.197. The van der Waals surface area contributed by atoms with E-state index in [2.05, 4.69) is 0 Å². The van der Waals surface area contributed by atoms with Gasteiger partial charge in [-0.3, -0.25) is 0 Å². The first-order valence-corrected chi connectivity index (χ1v) is 10.9. The van der Waals surface area contributed by atoms with Crippen LogP contribution < -0.4 is 0 Å². The van der Waals surface area contributed by atoms with E-state index in [-0.39, 0.29) is 0 Å². The summed E-state index contributed by atoms with van der Waals surface area (Å²) in [6.07, 6.45) is -91.4. The third kappa shape index (κ3) is 6.41. The van der Waals surface area contributed by atoms with Crippen molar-refractivity contribution in [3.05, 3.63) is 0 Å². The molecule has 0 heterocycles. The summed E-state index contributed by atoms with van der Waals surface area (Å²) < 4.78 is 424. The number of rotatable bonds is 6. The molecule has 0 radical (unpaired) electrons. The molecule has 0 aromatic heterocycles. The first-order valence-electron chi connectivity index (χ1n) is 10.9. The van der Waals surface area contributed by atoms with Gasteiger partial charge in [0, 0.05) is 6.42 Å². The summed E-state index contributed by atoms with van der Waals surface area (Å²) in [5.74, 6) is -25.8. The van der Waals surface area contributed by atoms with E-state index in [1.807, 2.05) is 0 Å². The van der Waals surface area contributed by atoms with Crippen LogP contribution in [0.25, 0.3) is 0 Å². The van der Waals surface area contributed by atoms with Crippen LogP contribution in [-0.4, -0.2) is 96.1 Å². The Morgan fingerprint density at radius 1 is 0.333 bits per heavy atom. The zero-order valence-corrected chi connectivity index (χ0v) is 21.7. The van der Waals surface area contributed by atoms with Gasteiger partial charge in [-0.15, -0.1) is 0 Å². The van der Waals surface area contributed by atoms with Crippen molar-refractivity contribution in [3.63, 3.8) is 0 Å². The largest absolute Gasteiger partial charge is 0.435 e. The smallest absolute Gasteiger partial charge is 0.341 e. The first kappa shape index (κ1) is 46.7. The molecule has 34 heteroatoms. The van der Waals surface area contributed by atoms with Crippen LogP contribution in [0.1, 0.15) is 6.42 Å². The van der Waals surface area contributed by atoms with Crippen molar-refractivity contribution < 1.29 is 150 Å². The molecule has 3 nitrogen and oxygen atoms in total. The minimum absolute atomic E-state index is 1.52. The van der Waals surface area contributed by atoms with Crippen LogP contribution in [-0.2, 0) is 14.2 Å². The topological polar surface area (TPSA) is 27.7 Å². The molecule has 0 aliphatic heterocycles. The molecule has 1 saturated carbocycles. The second-order valence-corrected chi connectivity index (χ2v) is 9.49. The molecule has 1 atom stereocenters. The van der Waals surface area contributed by atoms with Gasteiger partial charge in [-0.25, -0.2) is 0 Å². The Morgan fingerprint density at radius 3 is 0.706 bits per heavy atom. The molecule has 0 bridgehead atoms. The Morgan fingerprint density at radius 2 is 0.529 bits per heavy atom. The van der Waals surface area contributed by atoms with Gasteiger partial charge in [0.05, 0.1) is 0 Å². The normalized spacial score (nSPS) is 22.1. The van der Waals surface area contributed by atoms with E-state index >= 15 is 8.78 Å². The summed E-state index contributed by atoms with van der Waals surface area (Å²) in [4.78, 5) is 0. The van der Waals surface area contributed by atoms with E-state index < -0.39 is 103 Å². The Bertz CT molecular complexity index is 1080. The van der Waals surface area contributed by atoms with Crippen molar-refractivity contribution in [1.82, 2.24) is 0 Å². The van der Waals surface area contributed by atoms with E-state index in [0.29, 0.717) is 0 Å². The highest BCUT2D eigenvalue weighted by Gasteiger charge is 2.97. The highest BCUT2D eigenvalue weighted by molar-refractivity contribution is 5.19. The van der Waals surface area contributed by atoms with Crippen LogP contribution in [0.15, 0.2) is 0 Å². The SMILES string of the molecule is FC(F)(F)C(OC1CC(OC(C(F)(F)F)(C(F)(F)F)C(F)(F)F)(OC(C(F)(F)F)(C(F)(F)F)C(F)(F)F)C(F)(F)C1(F)F)(C(F)(F)F)C(F)(F)F. The summed E-state index contributed by atoms with van der Waals surface area (Å²) >= 11 is 0. The van der Waals surface area contributed by atoms with Crippen molar-refractivity contribution in [2.24, 2.45) is 0 Å². The lowest BCUT2D eigenvalue weighted by molar-refractivity contribution is -0.555. The molecule has 0 N–H and O–H groups in total. The second-order valence-electron chi connectivity index (χ2n) is 9.49. The molecule has 1 unspecified atom stereocenters. The van der Waals surface area contributed by atoms with Gasteiger partial charge < -0.3 is 14.2 Å². The average Bonchev–Trinajstić information content (AvgIpc) is 2.88. The highest BCUT2D eigenvalue weighted by atomic mass is 19.5. The van der Waals surface area contributed by atoms with E-state index in [0.717, 1.165) is 0 Å². The van der Waals surface area contributed by atoms with Gasteiger partial charge in [-0.2, -0.15) is 136 Å². The van der Waals surface area contributed by atoms with Gasteiger partial charge in [0.15, 0.2) is 0 Å². The van der Waals surface area contributed by atoms with Crippen molar-refractivity contribution in [1.29, 1.82) is 0 Å². The predicted molar refractivity (Wildman–Crippen MR) is 87.0 cm³/mol. The van der Waals surface area contributed by atoms with Crippen LogP contribution in [0.4, 0.5) is 136 Å². The summed E-state index contributed by atoms with van der Waals surface area (Å²) in [6.45, 7) is 0. The Hall–Kier alpha value is -2.29. The highest BCUT2D eigenvalue weighted by Crippen LogP contribution is 2.69. The summed E-state index contributed by atoms with van der Waals surface area (Å²) in [5, 5.41) is 0. The van der Waals surface area contributed by atoms with Crippen molar-refractivity contribution in [2.45, 2.75) is 103 Å². The third-order valence-corrected chi connectivity index (χ3v) is 6.30. The van der Waals surface area contributed by atoms with Gasteiger partial charge in [0.25, 0.3) is 0 Å². The number of alkyl halides is 31. The van der Waals surface area contributed by atoms with Crippen LogP contribution in [0.3, 0.4) is 0 Å². The van der Waals surface area contributed by atoms with E-state index in [1.165, 1.54) is 9.47 Å². The van der Waals surface area contributed by atoms with E-state index in [1.54, 1.807) is 4.74 Å². The first-order chi connectivity index (χ1) is 21.5. The minimum Gasteiger partial charge on any atom is -0.341 e. The summed E-state index contributed by atoms with van der Waals surface area (Å²) in [7, 11) is 0. The fourth-order valence-electron chi connectivity index (χ4n) is 4.01. The molecule has 1 fully saturated rings. The van der Waals surface area contributed by atoms with Crippen LogP contribution >= 0.6 is 0 Å².